The van der Waals surface area contributed by atoms with E-state index < -0.39 is 0 Å². The SMILES string of the molecule is CC[N+](C)(C)C[N+](C)(C)C.[I][V][I]. The number of rotatable bonds is 3. The van der Waals surface area contributed by atoms with Crippen molar-refractivity contribution in [2.24, 2.45) is 0 Å². The molecule has 0 aromatic rings. The van der Waals surface area contributed by atoms with Crippen LogP contribution in [0.25, 0.3) is 0 Å². The Bertz CT molecular complexity index is 124. The fourth-order valence-corrected chi connectivity index (χ4v) is 1.25. The second kappa shape index (κ2) is 8.16. The van der Waals surface area contributed by atoms with E-state index in [0.29, 0.717) is 9.47 Å². The van der Waals surface area contributed by atoms with Crippen LogP contribution in [0, 0.1) is 0 Å². The van der Waals surface area contributed by atoms with Gasteiger partial charge >= 0.3 is 49.4 Å². The Hall–Kier alpha value is 1.96. The Balaban J connectivity index is 0. The summed E-state index contributed by atoms with van der Waals surface area (Å²) in [6.07, 6.45) is 0. The quantitative estimate of drug-likeness (QED) is 0.352. The Labute approximate surface area is 112 Å². The van der Waals surface area contributed by atoms with Crippen LogP contribution in [0.2, 0.25) is 0 Å². The van der Waals surface area contributed by atoms with Gasteiger partial charge in [0.15, 0.2) is 0 Å². The molecule has 0 saturated heterocycles. The van der Waals surface area contributed by atoms with E-state index in [-0.39, 0.29) is 0 Å². The molecule has 0 amide bonds. The third-order valence-corrected chi connectivity index (χ3v) is 1.66. The van der Waals surface area contributed by atoms with E-state index in [1.807, 2.05) is 0 Å². The van der Waals surface area contributed by atoms with E-state index >= 15 is 0 Å². The van der Waals surface area contributed by atoms with Gasteiger partial charge < -0.3 is 0 Å². The average molecular weight is 451 g/mol. The summed E-state index contributed by atoms with van der Waals surface area (Å²) in [5, 5.41) is 0. The minimum atomic E-state index is 0.628. The van der Waals surface area contributed by atoms with Crippen molar-refractivity contribution in [2.75, 3.05) is 48.5 Å². The van der Waals surface area contributed by atoms with E-state index in [9.17, 15) is 0 Å². The van der Waals surface area contributed by atoms with Crippen molar-refractivity contribution >= 4 is 40.0 Å². The van der Waals surface area contributed by atoms with Crippen LogP contribution in [0.1, 0.15) is 6.92 Å². The molecule has 0 spiro atoms. The molecule has 0 radical (unpaired) electrons. The molecule has 0 aromatic carbocycles. The molecule has 0 saturated carbocycles. The summed E-state index contributed by atoms with van der Waals surface area (Å²) in [6.45, 7) is 4.63. The maximum atomic E-state index is 2.37. The Morgan fingerprint density at radius 2 is 1.31 bits per heavy atom. The van der Waals surface area contributed by atoms with Crippen LogP contribution in [-0.2, 0) is 9.47 Å². The Morgan fingerprint density at radius 1 is 1.00 bits per heavy atom. The van der Waals surface area contributed by atoms with Crippen molar-refractivity contribution in [2.45, 2.75) is 6.92 Å². The van der Waals surface area contributed by atoms with E-state index in [2.05, 4.69) is 82.1 Å². The van der Waals surface area contributed by atoms with Gasteiger partial charge in [0.2, 0.25) is 6.67 Å². The van der Waals surface area contributed by atoms with Crippen LogP contribution >= 0.6 is 40.0 Å². The first-order chi connectivity index (χ1) is 5.68. The van der Waals surface area contributed by atoms with Crippen molar-refractivity contribution in [3.05, 3.63) is 0 Å². The molecule has 0 aliphatic heterocycles. The summed E-state index contributed by atoms with van der Waals surface area (Å²) in [4.78, 5) is 0. The first-order valence-electron chi connectivity index (χ1n) is 4.23. The van der Waals surface area contributed by atoms with Gasteiger partial charge in [-0.2, -0.15) is 0 Å². The zero-order chi connectivity index (χ0) is 11.1. The summed E-state index contributed by atoms with van der Waals surface area (Å²) < 4.78 is 2.14. The van der Waals surface area contributed by atoms with Crippen LogP contribution in [0.15, 0.2) is 0 Å². The maximum absolute atomic E-state index is 2.37. The fraction of sp³-hybridized carbons (Fsp3) is 1.00. The van der Waals surface area contributed by atoms with Crippen molar-refractivity contribution in [1.29, 1.82) is 0 Å². The van der Waals surface area contributed by atoms with Crippen molar-refractivity contribution < 1.29 is 18.4 Å². The van der Waals surface area contributed by atoms with Gasteiger partial charge in [-0.25, -0.2) is 0 Å². The average Bonchev–Trinajstić information content (AvgIpc) is 1.84. The summed E-state index contributed by atoms with van der Waals surface area (Å²) in [7, 11) is 11.9. The normalized spacial score (nSPS) is 11.7. The molecule has 0 atom stereocenters. The van der Waals surface area contributed by atoms with E-state index in [0.717, 1.165) is 8.97 Å². The molecule has 0 aromatic heterocycles. The van der Waals surface area contributed by atoms with Gasteiger partial charge in [0.1, 0.15) is 0 Å². The number of quaternary nitrogens is 2. The van der Waals surface area contributed by atoms with Crippen LogP contribution in [0.5, 0.6) is 0 Å². The second-order valence-electron chi connectivity index (χ2n) is 4.75. The zero-order valence-electron chi connectivity index (χ0n) is 9.51. The fourth-order valence-electron chi connectivity index (χ4n) is 1.25. The third kappa shape index (κ3) is 16.6. The number of hydrogen-bond donors (Lipinski definition) is 0. The van der Waals surface area contributed by atoms with Crippen LogP contribution in [0.3, 0.4) is 0 Å². The predicted molar refractivity (Wildman–Crippen MR) is 73.6 cm³/mol. The first-order valence-corrected chi connectivity index (χ1v) is 13.2. The molecule has 0 N–H and O–H groups in total. The zero-order valence-corrected chi connectivity index (χ0v) is 15.2. The molecule has 0 aliphatic rings. The molecule has 0 rings (SSSR count). The van der Waals surface area contributed by atoms with Gasteiger partial charge in [0, 0.05) is 0 Å². The summed E-state index contributed by atoms with van der Waals surface area (Å²) >= 11 is 4.74. The van der Waals surface area contributed by atoms with Gasteiger partial charge in [-0.1, -0.05) is 0 Å². The van der Waals surface area contributed by atoms with Crippen molar-refractivity contribution in [3.8, 4) is 0 Å². The molecule has 5 heteroatoms. The van der Waals surface area contributed by atoms with Gasteiger partial charge in [-0.3, -0.25) is 8.97 Å². The van der Waals surface area contributed by atoms with E-state index in [4.69, 9.17) is 0 Å². The molecule has 0 heterocycles. The number of halogens is 2. The second-order valence-corrected chi connectivity index (χ2v) is 16.5. The number of hydrogen-bond acceptors (Lipinski definition) is 0. The van der Waals surface area contributed by atoms with E-state index in [1.165, 1.54) is 13.2 Å². The summed E-state index contributed by atoms with van der Waals surface area (Å²) in [5.41, 5.74) is 0. The van der Waals surface area contributed by atoms with Gasteiger partial charge in [0.05, 0.1) is 41.8 Å². The molecule has 0 bridgehead atoms. The molecule has 0 aliphatic carbocycles. The van der Waals surface area contributed by atoms with Crippen LogP contribution < -0.4 is 0 Å². The van der Waals surface area contributed by atoms with Crippen molar-refractivity contribution in [1.82, 2.24) is 0 Å². The topological polar surface area (TPSA) is 0 Å². The minimum absolute atomic E-state index is 0.628. The molecule has 81 valence electrons. The molecular weight excluding hydrogens is 429 g/mol. The summed E-state index contributed by atoms with van der Waals surface area (Å²) in [6, 6.07) is 0. The van der Waals surface area contributed by atoms with Gasteiger partial charge in [-0.05, 0) is 6.92 Å². The Kier molecular flexibility index (Phi) is 10.9. The third-order valence-electron chi connectivity index (χ3n) is 1.66. The standard InChI is InChI=1S/C8H22N2.2HI.V/c1-7-10(5,6)8-9(2,3)4;;;/h7-8H2,1-6H3;2*1H;/q+2;;;+2/p-2. The molecule has 0 fully saturated rings. The monoisotopic (exact) mass is 451 g/mol. The Morgan fingerprint density at radius 3 is 1.38 bits per heavy atom. The number of nitrogens with zero attached hydrogens (tertiary/aromatic N) is 2. The van der Waals surface area contributed by atoms with Gasteiger partial charge in [0.25, 0.3) is 0 Å². The van der Waals surface area contributed by atoms with Gasteiger partial charge in [-0.15, -0.1) is 0 Å². The molecule has 0 unspecified atom stereocenters. The van der Waals surface area contributed by atoms with Crippen LogP contribution in [0.4, 0.5) is 0 Å². The molecular formula is C8H22I2N2V+2. The first kappa shape index (κ1) is 17.4. The molecule has 13 heavy (non-hydrogen) atoms. The van der Waals surface area contributed by atoms with E-state index in [1.54, 1.807) is 0 Å². The molecule has 2 nitrogen and oxygen atoms in total. The van der Waals surface area contributed by atoms with Crippen molar-refractivity contribution in [3.63, 3.8) is 0 Å². The predicted octanol–water partition coefficient (Wildman–Crippen LogP) is 2.52. The summed E-state index contributed by atoms with van der Waals surface area (Å²) in [5.74, 6) is 0. The van der Waals surface area contributed by atoms with Crippen LogP contribution in [-0.4, -0.2) is 57.4 Å².